The van der Waals surface area contributed by atoms with Crippen molar-refractivity contribution in [1.82, 2.24) is 5.32 Å². The van der Waals surface area contributed by atoms with E-state index in [1.165, 1.54) is 18.4 Å². The molecule has 1 aromatic carbocycles. The minimum atomic E-state index is -3.20. The van der Waals surface area contributed by atoms with E-state index in [0.717, 1.165) is 12.8 Å². The molecule has 114 valence electrons. The SMILES string of the molecule is CCNC(C#N)(COc1ccc(S(C)(=O)=O)cc1)C1CC1. The van der Waals surface area contributed by atoms with E-state index < -0.39 is 15.4 Å². The summed E-state index contributed by atoms with van der Waals surface area (Å²) in [7, 11) is -3.20. The normalized spacial score (nSPS) is 17.8. The topological polar surface area (TPSA) is 79.2 Å². The summed E-state index contributed by atoms with van der Waals surface area (Å²) in [5.41, 5.74) is -0.649. The Kier molecular flexibility index (Phi) is 4.55. The van der Waals surface area contributed by atoms with Gasteiger partial charge in [0.1, 0.15) is 17.9 Å². The predicted molar refractivity (Wildman–Crippen MR) is 79.8 cm³/mol. The Hall–Kier alpha value is -1.58. The van der Waals surface area contributed by atoms with Crippen LogP contribution in [0.2, 0.25) is 0 Å². The largest absolute Gasteiger partial charge is 0.491 e. The number of hydrogen-bond acceptors (Lipinski definition) is 5. The van der Waals surface area contributed by atoms with Crippen LogP contribution < -0.4 is 10.1 Å². The highest BCUT2D eigenvalue weighted by Crippen LogP contribution is 2.39. The van der Waals surface area contributed by atoms with E-state index in [0.29, 0.717) is 18.2 Å². The molecule has 0 spiro atoms. The van der Waals surface area contributed by atoms with Crippen molar-refractivity contribution >= 4 is 9.84 Å². The molecule has 0 bridgehead atoms. The zero-order valence-corrected chi connectivity index (χ0v) is 13.1. The van der Waals surface area contributed by atoms with Gasteiger partial charge in [0, 0.05) is 6.26 Å². The molecule has 1 aliphatic carbocycles. The molecule has 1 aromatic rings. The summed E-state index contributed by atoms with van der Waals surface area (Å²) in [5.74, 6) is 0.901. The van der Waals surface area contributed by atoms with Crippen molar-refractivity contribution < 1.29 is 13.2 Å². The first-order valence-electron chi connectivity index (χ1n) is 7.00. The van der Waals surface area contributed by atoms with Crippen LogP contribution >= 0.6 is 0 Å². The summed E-state index contributed by atoms with van der Waals surface area (Å²) in [6, 6.07) is 8.63. The monoisotopic (exact) mass is 308 g/mol. The Morgan fingerprint density at radius 2 is 2.00 bits per heavy atom. The zero-order valence-electron chi connectivity index (χ0n) is 12.3. The maximum Gasteiger partial charge on any atom is 0.175 e. The molecule has 21 heavy (non-hydrogen) atoms. The van der Waals surface area contributed by atoms with E-state index in [4.69, 9.17) is 4.74 Å². The minimum Gasteiger partial charge on any atom is -0.491 e. The maximum absolute atomic E-state index is 11.4. The standard InChI is InChI=1S/C15H20N2O3S/c1-3-17-15(10-16,12-4-5-12)11-20-13-6-8-14(9-7-13)21(2,18)19/h6-9,12,17H,3-5,11H2,1-2H3. The first kappa shape index (κ1) is 15.8. The van der Waals surface area contributed by atoms with Gasteiger partial charge in [-0.3, -0.25) is 5.32 Å². The lowest BCUT2D eigenvalue weighted by molar-refractivity contribution is 0.204. The molecule has 2 rings (SSSR count). The molecule has 1 atom stereocenters. The maximum atomic E-state index is 11.4. The van der Waals surface area contributed by atoms with Crippen molar-refractivity contribution in [2.45, 2.75) is 30.2 Å². The molecular weight excluding hydrogens is 288 g/mol. The third-order valence-corrected chi connectivity index (χ3v) is 4.81. The molecule has 5 nitrogen and oxygen atoms in total. The molecule has 0 heterocycles. The van der Waals surface area contributed by atoms with Gasteiger partial charge in [-0.05, 0) is 49.6 Å². The van der Waals surface area contributed by atoms with Gasteiger partial charge in [-0.2, -0.15) is 5.26 Å². The van der Waals surface area contributed by atoms with E-state index in [-0.39, 0.29) is 11.5 Å². The summed E-state index contributed by atoms with van der Waals surface area (Å²) >= 11 is 0. The zero-order chi connectivity index (χ0) is 15.5. The van der Waals surface area contributed by atoms with Crippen LogP contribution in [0.1, 0.15) is 19.8 Å². The average Bonchev–Trinajstić information content (AvgIpc) is 3.28. The molecule has 0 saturated heterocycles. The number of rotatable bonds is 7. The number of nitrogens with zero attached hydrogens (tertiary/aromatic N) is 1. The fraction of sp³-hybridized carbons (Fsp3) is 0.533. The fourth-order valence-corrected chi connectivity index (χ4v) is 2.98. The van der Waals surface area contributed by atoms with Crippen LogP contribution in [0.3, 0.4) is 0 Å². The lowest BCUT2D eigenvalue weighted by Crippen LogP contribution is -2.50. The van der Waals surface area contributed by atoms with Crippen LogP contribution in [-0.4, -0.2) is 33.4 Å². The third-order valence-electron chi connectivity index (χ3n) is 3.68. The second-order valence-electron chi connectivity index (χ2n) is 5.42. The van der Waals surface area contributed by atoms with Gasteiger partial charge >= 0.3 is 0 Å². The molecule has 1 N–H and O–H groups in total. The molecule has 0 radical (unpaired) electrons. The molecule has 0 amide bonds. The lowest BCUT2D eigenvalue weighted by atomic mass is 9.96. The van der Waals surface area contributed by atoms with Crippen LogP contribution in [0.15, 0.2) is 29.2 Å². The van der Waals surface area contributed by atoms with Crippen molar-refractivity contribution in [2.24, 2.45) is 5.92 Å². The van der Waals surface area contributed by atoms with E-state index in [1.807, 2.05) is 6.92 Å². The van der Waals surface area contributed by atoms with Crippen molar-refractivity contribution in [1.29, 1.82) is 5.26 Å². The minimum absolute atomic E-state index is 0.260. The number of hydrogen-bond donors (Lipinski definition) is 1. The Bertz CT molecular complexity index is 630. The smallest absolute Gasteiger partial charge is 0.175 e. The van der Waals surface area contributed by atoms with Gasteiger partial charge in [-0.1, -0.05) is 6.92 Å². The number of nitriles is 1. The molecule has 0 aromatic heterocycles. The van der Waals surface area contributed by atoms with E-state index in [1.54, 1.807) is 12.1 Å². The quantitative estimate of drug-likeness (QED) is 0.830. The fourth-order valence-electron chi connectivity index (χ4n) is 2.35. The molecule has 1 aliphatic rings. The van der Waals surface area contributed by atoms with Crippen LogP contribution in [0.5, 0.6) is 5.75 Å². The van der Waals surface area contributed by atoms with Gasteiger partial charge in [0.05, 0.1) is 11.0 Å². The lowest BCUT2D eigenvalue weighted by Gasteiger charge is -2.27. The summed E-state index contributed by atoms with van der Waals surface area (Å²) in [4.78, 5) is 0.260. The van der Waals surface area contributed by atoms with Gasteiger partial charge < -0.3 is 4.74 Å². The molecular formula is C15H20N2O3S. The van der Waals surface area contributed by atoms with E-state index in [9.17, 15) is 13.7 Å². The van der Waals surface area contributed by atoms with Gasteiger partial charge in [-0.25, -0.2) is 8.42 Å². The van der Waals surface area contributed by atoms with Crippen molar-refractivity contribution in [3.8, 4) is 11.8 Å². The molecule has 1 fully saturated rings. The van der Waals surface area contributed by atoms with Crippen LogP contribution in [0.4, 0.5) is 0 Å². The highest BCUT2D eigenvalue weighted by Gasteiger charge is 2.46. The highest BCUT2D eigenvalue weighted by atomic mass is 32.2. The Balaban J connectivity index is 2.06. The summed E-state index contributed by atoms with van der Waals surface area (Å²) in [6.07, 6.45) is 3.25. The first-order valence-corrected chi connectivity index (χ1v) is 8.89. The second kappa shape index (κ2) is 6.04. The Morgan fingerprint density at radius 1 is 1.38 bits per heavy atom. The summed E-state index contributed by atoms with van der Waals surface area (Å²) < 4.78 is 28.5. The first-order chi connectivity index (χ1) is 9.91. The number of nitrogens with one attached hydrogen (secondary N) is 1. The van der Waals surface area contributed by atoms with Crippen molar-refractivity contribution in [3.05, 3.63) is 24.3 Å². The van der Waals surface area contributed by atoms with Gasteiger partial charge in [-0.15, -0.1) is 0 Å². The molecule has 1 saturated carbocycles. The molecule has 6 heteroatoms. The number of benzene rings is 1. The number of ether oxygens (including phenoxy) is 1. The summed E-state index contributed by atoms with van der Waals surface area (Å²) in [6.45, 7) is 2.94. The van der Waals surface area contributed by atoms with E-state index >= 15 is 0 Å². The predicted octanol–water partition coefficient (Wildman–Crippen LogP) is 1.75. The number of sulfone groups is 1. The van der Waals surface area contributed by atoms with Crippen LogP contribution in [0, 0.1) is 17.2 Å². The van der Waals surface area contributed by atoms with Crippen molar-refractivity contribution in [2.75, 3.05) is 19.4 Å². The van der Waals surface area contributed by atoms with Gasteiger partial charge in [0.2, 0.25) is 0 Å². The Labute approximate surface area is 125 Å². The third kappa shape index (κ3) is 3.74. The van der Waals surface area contributed by atoms with E-state index in [2.05, 4.69) is 11.4 Å². The molecule has 1 unspecified atom stereocenters. The molecule has 0 aliphatic heterocycles. The van der Waals surface area contributed by atoms with Crippen LogP contribution in [-0.2, 0) is 9.84 Å². The van der Waals surface area contributed by atoms with Crippen LogP contribution in [0.25, 0.3) is 0 Å². The second-order valence-corrected chi connectivity index (χ2v) is 7.44. The average molecular weight is 308 g/mol. The van der Waals surface area contributed by atoms with Gasteiger partial charge in [0.25, 0.3) is 0 Å². The Morgan fingerprint density at radius 3 is 2.43 bits per heavy atom. The summed E-state index contributed by atoms with van der Waals surface area (Å²) in [5, 5.41) is 12.7. The van der Waals surface area contributed by atoms with Gasteiger partial charge in [0.15, 0.2) is 9.84 Å². The van der Waals surface area contributed by atoms with Crippen molar-refractivity contribution in [3.63, 3.8) is 0 Å². The number of likely N-dealkylation sites (N-methyl/N-ethyl adjacent to an activating group) is 1. The highest BCUT2D eigenvalue weighted by molar-refractivity contribution is 7.90.